The lowest BCUT2D eigenvalue weighted by Gasteiger charge is -2.18. The molecule has 0 radical (unpaired) electrons. The van der Waals surface area contributed by atoms with Gasteiger partial charge in [0.15, 0.2) is 0 Å². The maximum atomic E-state index is 12.2. The summed E-state index contributed by atoms with van der Waals surface area (Å²) in [5, 5.41) is 1.50. The van der Waals surface area contributed by atoms with E-state index in [1.165, 1.54) is 0 Å². The number of aromatic nitrogens is 1. The van der Waals surface area contributed by atoms with E-state index in [0.717, 1.165) is 10.9 Å². The molecule has 1 heterocycles. The molecule has 18 heavy (non-hydrogen) atoms. The Hall–Kier alpha value is -1.61. The number of carbonyl (C=O) groups excluding carboxylic acids is 1. The molecular formula is C14H15ClN2O. The highest BCUT2D eigenvalue weighted by molar-refractivity contribution is 6.35. The Bertz CT molecular complexity index is 579. The van der Waals surface area contributed by atoms with Gasteiger partial charge in [-0.3, -0.25) is 9.78 Å². The first kappa shape index (κ1) is 12.8. The van der Waals surface area contributed by atoms with Crippen molar-refractivity contribution in [1.29, 1.82) is 0 Å². The number of halogens is 1. The molecule has 2 rings (SSSR count). The molecule has 0 bridgehead atoms. The second-order valence-electron chi connectivity index (χ2n) is 4.01. The third-order valence-electron chi connectivity index (χ3n) is 2.96. The van der Waals surface area contributed by atoms with Crippen molar-refractivity contribution in [3.8, 4) is 0 Å². The van der Waals surface area contributed by atoms with E-state index in [1.54, 1.807) is 17.2 Å². The summed E-state index contributed by atoms with van der Waals surface area (Å²) in [5.74, 6) is 0.00868. The Labute approximate surface area is 111 Å². The number of hydrogen-bond acceptors (Lipinski definition) is 2. The zero-order chi connectivity index (χ0) is 13.1. The number of hydrogen-bond donors (Lipinski definition) is 0. The number of para-hydroxylation sites is 1. The Morgan fingerprint density at radius 3 is 2.72 bits per heavy atom. The van der Waals surface area contributed by atoms with Gasteiger partial charge in [-0.15, -0.1) is 0 Å². The smallest absolute Gasteiger partial charge is 0.255 e. The molecular weight excluding hydrogens is 248 g/mol. The lowest BCUT2D eigenvalue weighted by molar-refractivity contribution is 0.0773. The van der Waals surface area contributed by atoms with Gasteiger partial charge < -0.3 is 4.90 Å². The van der Waals surface area contributed by atoms with Crippen LogP contribution in [0.5, 0.6) is 0 Å². The average Bonchev–Trinajstić information content (AvgIpc) is 2.40. The second kappa shape index (κ2) is 5.36. The van der Waals surface area contributed by atoms with Crippen molar-refractivity contribution in [2.24, 2.45) is 0 Å². The minimum atomic E-state index is 0.00868. The van der Waals surface area contributed by atoms with Crippen LogP contribution in [0.25, 0.3) is 10.9 Å². The molecule has 0 unspecified atom stereocenters. The van der Waals surface area contributed by atoms with Crippen molar-refractivity contribution in [3.05, 3.63) is 41.0 Å². The summed E-state index contributed by atoms with van der Waals surface area (Å²) < 4.78 is 0. The molecule has 0 aliphatic carbocycles. The summed E-state index contributed by atoms with van der Waals surface area (Å²) in [6.45, 7) is 5.32. The zero-order valence-electron chi connectivity index (χ0n) is 10.5. The largest absolute Gasteiger partial charge is 0.339 e. The van der Waals surface area contributed by atoms with Gasteiger partial charge in [0.2, 0.25) is 0 Å². The maximum absolute atomic E-state index is 12.2. The van der Waals surface area contributed by atoms with Gasteiger partial charge in [0.1, 0.15) is 0 Å². The Kier molecular flexibility index (Phi) is 3.82. The second-order valence-corrected chi connectivity index (χ2v) is 4.42. The summed E-state index contributed by atoms with van der Waals surface area (Å²) in [6.07, 6.45) is 1.59. The topological polar surface area (TPSA) is 33.2 Å². The summed E-state index contributed by atoms with van der Waals surface area (Å²) in [5.41, 5.74) is 1.34. The summed E-state index contributed by atoms with van der Waals surface area (Å²) in [7, 11) is 0. The predicted octanol–water partition coefficient (Wildman–Crippen LogP) is 3.37. The van der Waals surface area contributed by atoms with E-state index in [9.17, 15) is 4.79 Å². The van der Waals surface area contributed by atoms with Crippen LogP contribution < -0.4 is 0 Å². The zero-order valence-corrected chi connectivity index (χ0v) is 11.2. The molecule has 0 aliphatic rings. The molecule has 1 aromatic carbocycles. The van der Waals surface area contributed by atoms with Crippen LogP contribution in [0.1, 0.15) is 24.2 Å². The minimum Gasteiger partial charge on any atom is -0.339 e. The van der Waals surface area contributed by atoms with Gasteiger partial charge in [-0.05, 0) is 26.0 Å². The van der Waals surface area contributed by atoms with Gasteiger partial charge in [0, 0.05) is 24.7 Å². The number of pyridine rings is 1. The van der Waals surface area contributed by atoms with Crippen molar-refractivity contribution in [1.82, 2.24) is 9.88 Å². The molecule has 0 atom stereocenters. The summed E-state index contributed by atoms with van der Waals surface area (Å²) in [4.78, 5) is 18.2. The third kappa shape index (κ3) is 2.31. The van der Waals surface area contributed by atoms with Gasteiger partial charge in [-0.1, -0.05) is 23.7 Å². The SMILES string of the molecule is CCN(CC)C(=O)c1cnc2c(Cl)cccc2c1. The van der Waals surface area contributed by atoms with E-state index in [0.29, 0.717) is 23.7 Å². The van der Waals surface area contributed by atoms with Crippen molar-refractivity contribution in [2.75, 3.05) is 13.1 Å². The van der Waals surface area contributed by atoms with Crippen molar-refractivity contribution < 1.29 is 4.79 Å². The number of amides is 1. The van der Waals surface area contributed by atoms with E-state index in [1.807, 2.05) is 32.0 Å². The van der Waals surface area contributed by atoms with Crippen LogP contribution in [0.15, 0.2) is 30.5 Å². The van der Waals surface area contributed by atoms with Gasteiger partial charge in [0.05, 0.1) is 16.1 Å². The van der Waals surface area contributed by atoms with Gasteiger partial charge in [-0.25, -0.2) is 0 Å². The van der Waals surface area contributed by atoms with E-state index in [-0.39, 0.29) is 5.91 Å². The molecule has 0 spiro atoms. The molecule has 0 fully saturated rings. The molecule has 1 amide bonds. The van der Waals surface area contributed by atoms with Crippen molar-refractivity contribution in [2.45, 2.75) is 13.8 Å². The van der Waals surface area contributed by atoms with Crippen molar-refractivity contribution in [3.63, 3.8) is 0 Å². The average molecular weight is 263 g/mol. The van der Waals surface area contributed by atoms with Gasteiger partial charge >= 0.3 is 0 Å². The maximum Gasteiger partial charge on any atom is 0.255 e. The van der Waals surface area contributed by atoms with Crippen LogP contribution in [-0.2, 0) is 0 Å². The monoisotopic (exact) mass is 262 g/mol. The quantitative estimate of drug-likeness (QED) is 0.850. The third-order valence-corrected chi connectivity index (χ3v) is 3.26. The highest BCUT2D eigenvalue weighted by Gasteiger charge is 2.13. The van der Waals surface area contributed by atoms with Crippen LogP contribution in [-0.4, -0.2) is 28.9 Å². The van der Waals surface area contributed by atoms with Gasteiger partial charge in [-0.2, -0.15) is 0 Å². The fourth-order valence-electron chi connectivity index (χ4n) is 1.93. The fraction of sp³-hybridized carbons (Fsp3) is 0.286. The Morgan fingerprint density at radius 1 is 1.33 bits per heavy atom. The molecule has 3 nitrogen and oxygen atoms in total. The van der Waals surface area contributed by atoms with Crippen LogP contribution in [0.3, 0.4) is 0 Å². The molecule has 0 aliphatic heterocycles. The normalized spacial score (nSPS) is 10.6. The molecule has 2 aromatic rings. The van der Waals surface area contributed by atoms with E-state index >= 15 is 0 Å². The first-order chi connectivity index (χ1) is 8.67. The summed E-state index contributed by atoms with van der Waals surface area (Å²) in [6, 6.07) is 7.41. The standard InChI is InChI=1S/C14H15ClN2O/c1-3-17(4-2)14(18)11-8-10-6-5-7-12(15)13(10)16-9-11/h5-9H,3-4H2,1-2H3. The van der Waals surface area contributed by atoms with E-state index in [2.05, 4.69) is 4.98 Å². The van der Waals surface area contributed by atoms with E-state index in [4.69, 9.17) is 11.6 Å². The molecule has 1 aromatic heterocycles. The lowest BCUT2D eigenvalue weighted by atomic mass is 10.1. The molecule has 0 saturated heterocycles. The number of nitrogens with zero attached hydrogens (tertiary/aromatic N) is 2. The number of carbonyl (C=O) groups is 1. The highest BCUT2D eigenvalue weighted by Crippen LogP contribution is 2.22. The molecule has 94 valence electrons. The number of fused-ring (bicyclic) bond motifs is 1. The summed E-state index contributed by atoms with van der Waals surface area (Å²) >= 11 is 6.05. The van der Waals surface area contributed by atoms with Crippen LogP contribution in [0.2, 0.25) is 5.02 Å². The Balaban J connectivity index is 2.44. The van der Waals surface area contributed by atoms with Crippen LogP contribution >= 0.6 is 11.6 Å². The van der Waals surface area contributed by atoms with Gasteiger partial charge in [0.25, 0.3) is 5.91 Å². The van der Waals surface area contributed by atoms with Crippen molar-refractivity contribution >= 4 is 28.4 Å². The fourth-order valence-corrected chi connectivity index (χ4v) is 2.16. The van der Waals surface area contributed by atoms with Crippen LogP contribution in [0.4, 0.5) is 0 Å². The predicted molar refractivity (Wildman–Crippen MR) is 74.0 cm³/mol. The number of rotatable bonds is 3. The van der Waals surface area contributed by atoms with E-state index < -0.39 is 0 Å². The molecule has 0 N–H and O–H groups in total. The first-order valence-corrected chi connectivity index (χ1v) is 6.38. The Morgan fingerprint density at radius 2 is 2.06 bits per heavy atom. The first-order valence-electron chi connectivity index (χ1n) is 6.01. The lowest BCUT2D eigenvalue weighted by Crippen LogP contribution is -2.30. The molecule has 0 saturated carbocycles. The minimum absolute atomic E-state index is 0.00868. The highest BCUT2D eigenvalue weighted by atomic mass is 35.5. The van der Waals surface area contributed by atoms with Crippen LogP contribution in [0, 0.1) is 0 Å². The number of benzene rings is 1. The molecule has 4 heteroatoms.